The van der Waals surface area contributed by atoms with Crippen molar-refractivity contribution in [1.29, 1.82) is 0 Å². The second kappa shape index (κ2) is 11.0. The lowest BCUT2D eigenvalue weighted by atomic mass is 9.91. The number of hydrogen-bond donors (Lipinski definition) is 3. The second-order valence-electron chi connectivity index (χ2n) is 10.6. The fraction of sp³-hybridized carbons (Fsp3) is 0.481. The lowest BCUT2D eigenvalue weighted by molar-refractivity contribution is 0.0421. The summed E-state index contributed by atoms with van der Waals surface area (Å²) < 4.78 is 19.7. The summed E-state index contributed by atoms with van der Waals surface area (Å²) >= 11 is 0. The monoisotopic (exact) mass is 472 g/mol. The molecule has 0 aromatic heterocycles. The van der Waals surface area contributed by atoms with Crippen molar-refractivity contribution in [2.45, 2.75) is 84.6 Å². The third kappa shape index (κ3) is 8.45. The average molecular weight is 473 g/mol. The number of benzene rings is 2. The van der Waals surface area contributed by atoms with Crippen LogP contribution in [0.25, 0.3) is 0 Å². The molecule has 186 valence electrons. The maximum atomic E-state index is 14.4. The van der Waals surface area contributed by atoms with Gasteiger partial charge in [0.25, 0.3) is 5.91 Å². The zero-order valence-corrected chi connectivity index (χ0v) is 21.2. The van der Waals surface area contributed by atoms with Crippen molar-refractivity contribution in [3.05, 3.63) is 70.5 Å². The van der Waals surface area contributed by atoms with Crippen molar-refractivity contribution < 1.29 is 23.8 Å². The number of aryl methyl sites for hydroxylation is 1. The Hall–Kier alpha value is -2.93. The highest BCUT2D eigenvalue weighted by molar-refractivity contribution is 5.97. The van der Waals surface area contributed by atoms with Gasteiger partial charge < -0.3 is 20.5 Å². The minimum Gasteiger partial charge on any atom is -0.444 e. The number of carbonyl (C=O) groups is 2. The van der Waals surface area contributed by atoms with Crippen molar-refractivity contribution in [3.63, 3.8) is 0 Å². The van der Waals surface area contributed by atoms with E-state index in [0.29, 0.717) is 16.7 Å². The van der Waals surface area contributed by atoms with Crippen LogP contribution in [-0.4, -0.2) is 40.4 Å². The molecule has 0 saturated heterocycles. The number of aliphatic hydroxyl groups is 1. The van der Waals surface area contributed by atoms with Crippen LogP contribution >= 0.6 is 0 Å². The van der Waals surface area contributed by atoms with Crippen LogP contribution in [-0.2, 0) is 17.6 Å². The topological polar surface area (TPSA) is 87.7 Å². The Labute approximate surface area is 201 Å². The number of carbonyl (C=O) groups excluding carboxylic acids is 2. The number of ether oxygens (including phenoxy) is 1. The highest BCUT2D eigenvalue weighted by Gasteiger charge is 2.28. The number of nitrogens with one attached hydrogen (secondary N) is 2. The molecule has 0 unspecified atom stereocenters. The minimum atomic E-state index is -1.10. The van der Waals surface area contributed by atoms with Gasteiger partial charge in [-0.2, -0.15) is 0 Å². The highest BCUT2D eigenvalue weighted by Crippen LogP contribution is 2.20. The first kappa shape index (κ1) is 27.3. The van der Waals surface area contributed by atoms with Crippen LogP contribution in [0.3, 0.4) is 0 Å². The van der Waals surface area contributed by atoms with Gasteiger partial charge >= 0.3 is 6.09 Å². The zero-order chi connectivity index (χ0) is 25.7. The fourth-order valence-electron chi connectivity index (χ4n) is 3.64. The predicted octanol–water partition coefficient (Wildman–Crippen LogP) is 4.70. The first-order valence-corrected chi connectivity index (χ1v) is 11.5. The van der Waals surface area contributed by atoms with Crippen LogP contribution in [0.2, 0.25) is 0 Å². The number of hydrogen-bond acceptors (Lipinski definition) is 4. The van der Waals surface area contributed by atoms with E-state index in [1.807, 2.05) is 39.8 Å². The number of rotatable bonds is 7. The lowest BCUT2D eigenvalue weighted by Crippen LogP contribution is -2.48. The molecule has 0 spiro atoms. The SMILES string of the molecule is Cc1cccc(C[C@H](O)[C@@H](Cc2ccccc2F)NC(=O)OC(C)(C)C)c1C(=O)NC(C)(C)C. The first-order valence-electron chi connectivity index (χ1n) is 11.5. The second-order valence-corrected chi connectivity index (χ2v) is 10.6. The smallest absolute Gasteiger partial charge is 0.407 e. The largest absolute Gasteiger partial charge is 0.444 e. The average Bonchev–Trinajstić information content (AvgIpc) is 2.66. The zero-order valence-electron chi connectivity index (χ0n) is 21.2. The Morgan fingerprint density at radius 1 is 0.971 bits per heavy atom. The molecule has 6 nitrogen and oxygen atoms in total. The highest BCUT2D eigenvalue weighted by atomic mass is 19.1. The summed E-state index contributed by atoms with van der Waals surface area (Å²) in [7, 11) is 0. The third-order valence-electron chi connectivity index (χ3n) is 5.07. The summed E-state index contributed by atoms with van der Waals surface area (Å²) in [4.78, 5) is 25.5. The maximum absolute atomic E-state index is 14.4. The van der Waals surface area contributed by atoms with E-state index >= 15 is 0 Å². The van der Waals surface area contributed by atoms with E-state index in [2.05, 4.69) is 10.6 Å². The molecule has 2 aromatic rings. The van der Waals surface area contributed by atoms with Gasteiger partial charge in [-0.05, 0) is 77.6 Å². The van der Waals surface area contributed by atoms with Crippen LogP contribution in [0.5, 0.6) is 0 Å². The fourth-order valence-corrected chi connectivity index (χ4v) is 3.64. The van der Waals surface area contributed by atoms with E-state index in [0.717, 1.165) is 5.56 Å². The number of amides is 2. The van der Waals surface area contributed by atoms with Gasteiger partial charge in [0.2, 0.25) is 0 Å². The van der Waals surface area contributed by atoms with Crippen molar-refractivity contribution in [2.24, 2.45) is 0 Å². The van der Waals surface area contributed by atoms with Gasteiger partial charge in [-0.15, -0.1) is 0 Å². The Morgan fingerprint density at radius 2 is 1.59 bits per heavy atom. The molecule has 0 heterocycles. The number of alkyl carbamates (subject to hydrolysis) is 1. The van der Waals surface area contributed by atoms with Crippen LogP contribution < -0.4 is 10.6 Å². The van der Waals surface area contributed by atoms with Crippen molar-refractivity contribution in [2.75, 3.05) is 0 Å². The van der Waals surface area contributed by atoms with E-state index in [4.69, 9.17) is 4.74 Å². The van der Waals surface area contributed by atoms with Gasteiger partial charge in [0.05, 0.1) is 12.1 Å². The Morgan fingerprint density at radius 3 is 2.18 bits per heavy atom. The van der Waals surface area contributed by atoms with Gasteiger partial charge in [-0.3, -0.25) is 4.79 Å². The van der Waals surface area contributed by atoms with Crippen molar-refractivity contribution in [1.82, 2.24) is 10.6 Å². The van der Waals surface area contributed by atoms with Gasteiger partial charge in [0.15, 0.2) is 0 Å². The van der Waals surface area contributed by atoms with E-state index in [9.17, 15) is 19.1 Å². The molecule has 2 aromatic carbocycles. The van der Waals surface area contributed by atoms with Crippen LogP contribution in [0.1, 0.15) is 68.6 Å². The molecule has 0 saturated carbocycles. The summed E-state index contributed by atoms with van der Waals surface area (Å²) in [6.45, 7) is 12.7. The lowest BCUT2D eigenvalue weighted by Gasteiger charge is -2.28. The van der Waals surface area contributed by atoms with E-state index in [1.165, 1.54) is 6.07 Å². The number of halogens is 1. The molecule has 0 aliphatic heterocycles. The summed E-state index contributed by atoms with van der Waals surface area (Å²) in [6, 6.07) is 10.8. The van der Waals surface area contributed by atoms with Crippen molar-refractivity contribution >= 4 is 12.0 Å². The molecule has 0 bridgehead atoms. The minimum absolute atomic E-state index is 0.0580. The molecule has 0 fully saturated rings. The van der Waals surface area contributed by atoms with Crippen LogP contribution in [0, 0.1) is 12.7 Å². The number of aliphatic hydroxyl groups excluding tert-OH is 1. The normalized spacial score (nSPS) is 13.7. The van der Waals surface area contributed by atoms with Gasteiger partial charge in [0, 0.05) is 17.5 Å². The molecule has 34 heavy (non-hydrogen) atoms. The molecular formula is C27H37FN2O4. The Balaban J connectivity index is 2.33. The molecule has 7 heteroatoms. The predicted molar refractivity (Wildman–Crippen MR) is 131 cm³/mol. The van der Waals surface area contributed by atoms with Crippen LogP contribution in [0.15, 0.2) is 42.5 Å². The standard InChI is InChI=1S/C27H37FN2O4/c1-17-11-10-13-19(23(17)24(32)30-26(2,3)4)16-22(31)21(29-25(33)34-27(5,6)7)15-18-12-8-9-14-20(18)28/h8-14,21-22,31H,15-16H2,1-7H3,(H,29,33)(H,30,32)/t21-,22+/m1/s1. The Kier molecular flexibility index (Phi) is 8.83. The molecule has 0 aliphatic rings. The van der Waals surface area contributed by atoms with Gasteiger partial charge in [0.1, 0.15) is 11.4 Å². The Bertz CT molecular complexity index is 1010. The van der Waals surface area contributed by atoms with Gasteiger partial charge in [-0.1, -0.05) is 36.4 Å². The molecule has 0 aliphatic carbocycles. The molecule has 0 radical (unpaired) electrons. The van der Waals surface area contributed by atoms with Crippen molar-refractivity contribution in [3.8, 4) is 0 Å². The van der Waals surface area contributed by atoms with E-state index < -0.39 is 35.2 Å². The summed E-state index contributed by atoms with van der Waals surface area (Å²) in [6.07, 6.45) is -1.66. The quantitative estimate of drug-likeness (QED) is 0.545. The molecule has 2 amide bonds. The van der Waals surface area contributed by atoms with E-state index in [1.54, 1.807) is 45.0 Å². The van der Waals surface area contributed by atoms with Gasteiger partial charge in [-0.25, -0.2) is 9.18 Å². The van der Waals surface area contributed by atoms with E-state index in [-0.39, 0.29) is 18.7 Å². The molecule has 2 rings (SSSR count). The summed E-state index contributed by atoms with van der Waals surface area (Å²) in [5.41, 5.74) is 1.10. The summed E-state index contributed by atoms with van der Waals surface area (Å²) in [5.74, 6) is -0.662. The molecular weight excluding hydrogens is 435 g/mol. The molecule has 3 N–H and O–H groups in total. The first-order chi connectivity index (χ1) is 15.7. The third-order valence-corrected chi connectivity index (χ3v) is 5.07. The van der Waals surface area contributed by atoms with Crippen LogP contribution in [0.4, 0.5) is 9.18 Å². The molecule has 2 atom stereocenters. The summed E-state index contributed by atoms with van der Waals surface area (Å²) in [5, 5.41) is 16.8. The maximum Gasteiger partial charge on any atom is 0.407 e.